The zero-order valence-electron chi connectivity index (χ0n) is 12.5. The predicted octanol–water partition coefficient (Wildman–Crippen LogP) is 3.05. The Morgan fingerprint density at radius 3 is 3.05 bits per heavy atom. The van der Waals surface area contributed by atoms with Crippen molar-refractivity contribution >= 4 is 11.3 Å². The average Bonchev–Trinajstić information content (AvgIpc) is 2.91. The molecule has 0 bridgehead atoms. The third-order valence-corrected chi connectivity index (χ3v) is 5.23. The topological polar surface area (TPSA) is 19.4 Å². The summed E-state index contributed by atoms with van der Waals surface area (Å²) >= 11 is 1.77. The lowest BCUT2D eigenvalue weighted by molar-refractivity contribution is 0.159. The maximum absolute atomic E-state index is 4.41. The van der Waals surface area contributed by atoms with Gasteiger partial charge in [-0.2, -0.15) is 0 Å². The van der Waals surface area contributed by atoms with Gasteiger partial charge in [0, 0.05) is 30.1 Å². The molecule has 2 heterocycles. The highest BCUT2D eigenvalue weighted by molar-refractivity contribution is 7.09. The Hall–Kier alpha value is -0.450. The second-order valence-electron chi connectivity index (χ2n) is 5.95. The van der Waals surface area contributed by atoms with E-state index >= 15 is 0 Å². The van der Waals surface area contributed by atoms with Crippen molar-refractivity contribution in [3.05, 3.63) is 16.6 Å². The van der Waals surface area contributed by atoms with Crippen molar-refractivity contribution in [2.24, 2.45) is 0 Å². The molecule has 1 aliphatic rings. The number of rotatable bonds is 6. The molecule has 108 valence electrons. The van der Waals surface area contributed by atoms with Crippen LogP contribution in [-0.4, -0.2) is 54.6 Å². The van der Waals surface area contributed by atoms with Gasteiger partial charge in [0.2, 0.25) is 0 Å². The highest BCUT2D eigenvalue weighted by Gasteiger charge is 2.19. The lowest BCUT2D eigenvalue weighted by atomic mass is 10.00. The number of thiazole rings is 1. The van der Waals surface area contributed by atoms with Crippen LogP contribution in [0.25, 0.3) is 0 Å². The third-order valence-electron chi connectivity index (χ3n) is 4.22. The summed E-state index contributed by atoms with van der Waals surface area (Å²) in [7, 11) is 4.52. The predicted molar refractivity (Wildman–Crippen MR) is 82.9 cm³/mol. The first-order valence-corrected chi connectivity index (χ1v) is 8.33. The smallest absolute Gasteiger partial charge is 0.0965 e. The molecule has 0 N–H and O–H groups in total. The van der Waals surface area contributed by atoms with E-state index in [9.17, 15) is 0 Å². The number of aromatic nitrogens is 1. The number of nitrogens with zero attached hydrogens (tertiary/aromatic N) is 3. The van der Waals surface area contributed by atoms with Crippen molar-refractivity contribution in [2.45, 2.75) is 44.6 Å². The third kappa shape index (κ3) is 4.55. The molecule has 4 heteroatoms. The monoisotopic (exact) mass is 281 g/mol. The molecule has 0 aromatic carbocycles. The van der Waals surface area contributed by atoms with E-state index in [-0.39, 0.29) is 0 Å². The van der Waals surface area contributed by atoms with Gasteiger partial charge in [0.1, 0.15) is 0 Å². The number of piperidine rings is 1. The minimum absolute atomic E-state index is 0.550. The average molecular weight is 281 g/mol. The summed E-state index contributed by atoms with van der Waals surface area (Å²) < 4.78 is 0. The highest BCUT2D eigenvalue weighted by atomic mass is 32.1. The van der Waals surface area contributed by atoms with Gasteiger partial charge in [0.15, 0.2) is 0 Å². The summed E-state index contributed by atoms with van der Waals surface area (Å²) in [5.74, 6) is 0.550. The minimum Gasteiger partial charge on any atom is -0.306 e. The van der Waals surface area contributed by atoms with Gasteiger partial charge in [0.25, 0.3) is 0 Å². The van der Waals surface area contributed by atoms with Gasteiger partial charge in [-0.3, -0.25) is 0 Å². The van der Waals surface area contributed by atoms with Gasteiger partial charge in [-0.15, -0.1) is 11.3 Å². The number of likely N-dealkylation sites (N-methyl/N-ethyl adjacent to an activating group) is 1. The molecule has 2 rings (SSSR count). The number of likely N-dealkylation sites (tertiary alicyclic amines) is 1. The van der Waals surface area contributed by atoms with Crippen LogP contribution in [0, 0.1) is 0 Å². The normalized spacial score (nSPS) is 22.8. The first-order chi connectivity index (χ1) is 9.16. The lowest BCUT2D eigenvalue weighted by Gasteiger charge is -2.33. The summed E-state index contributed by atoms with van der Waals surface area (Å²) in [5.41, 5.74) is 0. The lowest BCUT2D eigenvalue weighted by Crippen LogP contribution is -2.38. The minimum atomic E-state index is 0.550. The van der Waals surface area contributed by atoms with Crippen LogP contribution in [0.4, 0.5) is 0 Å². The SMILES string of the molecule is C[C@@H](CN(C)CC[C@H]1CCCCN1C)c1nccs1. The maximum atomic E-state index is 4.41. The van der Waals surface area contributed by atoms with Crippen LogP contribution >= 0.6 is 11.3 Å². The van der Waals surface area contributed by atoms with Gasteiger partial charge in [-0.1, -0.05) is 13.3 Å². The van der Waals surface area contributed by atoms with Crippen molar-refractivity contribution < 1.29 is 0 Å². The Labute approximate surface area is 121 Å². The Balaban J connectivity index is 1.70. The van der Waals surface area contributed by atoms with Crippen molar-refractivity contribution in [1.82, 2.24) is 14.8 Å². The zero-order chi connectivity index (χ0) is 13.7. The highest BCUT2D eigenvalue weighted by Crippen LogP contribution is 2.20. The number of hydrogen-bond acceptors (Lipinski definition) is 4. The summed E-state index contributed by atoms with van der Waals surface area (Å²) in [6.45, 7) is 5.88. The molecule has 0 amide bonds. The molecular formula is C15H27N3S. The first kappa shape index (κ1) is 14.9. The molecular weight excluding hydrogens is 254 g/mol. The molecule has 2 atom stereocenters. The van der Waals surface area contributed by atoms with Crippen molar-refractivity contribution in [2.75, 3.05) is 33.7 Å². The summed E-state index contributed by atoms with van der Waals surface area (Å²) in [6, 6.07) is 0.798. The zero-order valence-corrected chi connectivity index (χ0v) is 13.3. The van der Waals surface area contributed by atoms with E-state index in [1.807, 2.05) is 6.20 Å². The van der Waals surface area contributed by atoms with Crippen LogP contribution in [0.2, 0.25) is 0 Å². The number of hydrogen-bond donors (Lipinski definition) is 0. The van der Waals surface area contributed by atoms with E-state index in [2.05, 4.69) is 41.2 Å². The molecule has 0 unspecified atom stereocenters. The van der Waals surface area contributed by atoms with E-state index in [0.29, 0.717) is 5.92 Å². The van der Waals surface area contributed by atoms with Crippen molar-refractivity contribution in [3.8, 4) is 0 Å². The van der Waals surface area contributed by atoms with Gasteiger partial charge >= 0.3 is 0 Å². The molecule has 0 saturated carbocycles. The van der Waals surface area contributed by atoms with E-state index in [1.165, 1.54) is 43.8 Å². The van der Waals surface area contributed by atoms with E-state index in [0.717, 1.165) is 12.6 Å². The second kappa shape index (κ2) is 7.36. The Morgan fingerprint density at radius 1 is 1.53 bits per heavy atom. The van der Waals surface area contributed by atoms with Crippen LogP contribution in [0.5, 0.6) is 0 Å². The van der Waals surface area contributed by atoms with Gasteiger partial charge in [-0.05, 0) is 46.4 Å². The Bertz CT molecular complexity index is 352. The molecule has 1 saturated heterocycles. The van der Waals surface area contributed by atoms with E-state index in [1.54, 1.807) is 11.3 Å². The quantitative estimate of drug-likeness (QED) is 0.799. The van der Waals surface area contributed by atoms with E-state index < -0.39 is 0 Å². The van der Waals surface area contributed by atoms with E-state index in [4.69, 9.17) is 0 Å². The maximum Gasteiger partial charge on any atom is 0.0965 e. The van der Waals surface area contributed by atoms with Gasteiger partial charge in [-0.25, -0.2) is 4.98 Å². The van der Waals surface area contributed by atoms with Crippen molar-refractivity contribution in [3.63, 3.8) is 0 Å². The molecule has 3 nitrogen and oxygen atoms in total. The molecule has 0 aliphatic carbocycles. The molecule has 0 radical (unpaired) electrons. The van der Waals surface area contributed by atoms with Gasteiger partial charge in [0.05, 0.1) is 5.01 Å². The Kier molecular flexibility index (Phi) is 5.79. The van der Waals surface area contributed by atoms with Crippen LogP contribution < -0.4 is 0 Å². The molecule has 1 fully saturated rings. The molecule has 1 aromatic rings. The Morgan fingerprint density at radius 2 is 2.37 bits per heavy atom. The fraction of sp³-hybridized carbons (Fsp3) is 0.800. The van der Waals surface area contributed by atoms with Crippen LogP contribution in [0.15, 0.2) is 11.6 Å². The van der Waals surface area contributed by atoms with Crippen LogP contribution in [0.1, 0.15) is 43.5 Å². The standard InChI is InChI=1S/C15H27N3S/c1-13(15-16-8-11-19-15)12-17(2)10-7-14-6-4-5-9-18(14)3/h8,11,13-14H,4-7,9-10,12H2,1-3H3/t13-,14+/m0/s1. The second-order valence-corrected chi connectivity index (χ2v) is 6.88. The molecule has 1 aromatic heterocycles. The largest absolute Gasteiger partial charge is 0.306 e. The van der Waals surface area contributed by atoms with Crippen molar-refractivity contribution in [1.29, 1.82) is 0 Å². The fourth-order valence-corrected chi connectivity index (χ4v) is 3.68. The summed E-state index contributed by atoms with van der Waals surface area (Å²) in [5, 5.41) is 3.34. The van der Waals surface area contributed by atoms with Crippen LogP contribution in [-0.2, 0) is 0 Å². The summed E-state index contributed by atoms with van der Waals surface area (Å²) in [4.78, 5) is 9.42. The van der Waals surface area contributed by atoms with Crippen LogP contribution in [0.3, 0.4) is 0 Å². The first-order valence-electron chi connectivity index (χ1n) is 7.45. The van der Waals surface area contributed by atoms with Gasteiger partial charge < -0.3 is 9.80 Å². The molecule has 19 heavy (non-hydrogen) atoms. The molecule has 1 aliphatic heterocycles. The summed E-state index contributed by atoms with van der Waals surface area (Å²) in [6.07, 6.45) is 7.38. The fourth-order valence-electron chi connectivity index (χ4n) is 2.99. The molecule has 0 spiro atoms.